The Morgan fingerprint density at radius 1 is 1.03 bits per heavy atom. The number of rotatable bonds is 5. The molecule has 0 bridgehead atoms. The Kier molecular flexibility index (Phi) is 8.69. The van der Waals surface area contributed by atoms with E-state index < -0.39 is 0 Å². The highest BCUT2D eigenvalue weighted by molar-refractivity contribution is 5.85. The number of H-pyrrole nitrogens is 1. The minimum Gasteiger partial charge on any atom is -0.358 e. The number of hydrogen-bond acceptors (Lipinski definition) is 3. The first-order valence-electron chi connectivity index (χ1n) is 10.5. The molecule has 0 radical (unpaired) electrons. The van der Waals surface area contributed by atoms with Crippen molar-refractivity contribution < 1.29 is 4.79 Å². The van der Waals surface area contributed by atoms with Crippen molar-refractivity contribution in [3.63, 3.8) is 0 Å². The molecule has 0 aliphatic rings. The van der Waals surface area contributed by atoms with Gasteiger partial charge in [0.25, 0.3) is 0 Å². The van der Waals surface area contributed by atoms with Crippen LogP contribution in [0.25, 0.3) is 11.3 Å². The molecular formula is C25H38ClN3O2. The van der Waals surface area contributed by atoms with Gasteiger partial charge in [-0.25, -0.2) is 0 Å². The van der Waals surface area contributed by atoms with Gasteiger partial charge in [0.05, 0.1) is 12.6 Å². The second-order valence-corrected chi connectivity index (χ2v) is 9.72. The van der Waals surface area contributed by atoms with Crippen LogP contribution in [0.1, 0.15) is 55.6 Å². The number of hydrogen-bond donors (Lipinski definition) is 1. The van der Waals surface area contributed by atoms with Gasteiger partial charge >= 0.3 is 0 Å². The molecule has 5 nitrogen and oxygen atoms in total. The minimum absolute atomic E-state index is 0. The Bertz CT molecular complexity index is 1000. The first-order valence-corrected chi connectivity index (χ1v) is 10.5. The number of nitrogens with zero attached hydrogens (tertiary/aromatic N) is 2. The molecule has 1 aromatic heterocycles. The second kappa shape index (κ2) is 10.0. The van der Waals surface area contributed by atoms with Gasteiger partial charge < -0.3 is 9.88 Å². The molecule has 0 saturated carbocycles. The van der Waals surface area contributed by atoms with E-state index in [1.807, 2.05) is 32.8 Å². The predicted molar refractivity (Wildman–Crippen MR) is 132 cm³/mol. The summed E-state index contributed by atoms with van der Waals surface area (Å²) in [5.41, 5.74) is 6.98. The maximum atomic E-state index is 13.0. The fraction of sp³-hybridized carbons (Fsp3) is 0.520. The minimum atomic E-state index is -0.236. The summed E-state index contributed by atoms with van der Waals surface area (Å²) in [4.78, 5) is 32.4. The fourth-order valence-electron chi connectivity index (χ4n) is 3.83. The highest BCUT2D eigenvalue weighted by Crippen LogP contribution is 2.31. The first kappa shape index (κ1) is 26.9. The normalized spacial score (nSPS) is 12.5. The van der Waals surface area contributed by atoms with Crippen molar-refractivity contribution in [2.45, 2.75) is 66.5 Å². The van der Waals surface area contributed by atoms with Crippen molar-refractivity contribution in [2.75, 3.05) is 21.1 Å². The standard InChI is InChI=1S/C25H37N3O2.ClH/c1-15-12-21(25(5,6)7)16(2)11-19(15)22-13-23(29)20(17(3)26-22)14-28(10)24(30)18(4)27(8)9;/h11-13,18H,14H2,1-10H3,(H,26,29);1H/t18-;/m0./s1. The topological polar surface area (TPSA) is 56.4 Å². The van der Waals surface area contributed by atoms with Crippen LogP contribution in [0.15, 0.2) is 23.0 Å². The highest BCUT2D eigenvalue weighted by atomic mass is 35.5. The molecule has 0 unspecified atom stereocenters. The molecule has 2 aromatic rings. The molecule has 0 aliphatic carbocycles. The van der Waals surface area contributed by atoms with Crippen molar-refractivity contribution in [1.82, 2.24) is 14.8 Å². The van der Waals surface area contributed by atoms with E-state index in [2.05, 4.69) is 51.7 Å². The molecule has 6 heteroatoms. The van der Waals surface area contributed by atoms with Gasteiger partial charge in [0.15, 0.2) is 5.43 Å². The van der Waals surface area contributed by atoms with Crippen LogP contribution in [0.2, 0.25) is 0 Å². The number of halogens is 1. The van der Waals surface area contributed by atoms with Gasteiger partial charge in [0.2, 0.25) is 5.91 Å². The number of pyridine rings is 1. The maximum absolute atomic E-state index is 13.0. The SMILES string of the molecule is Cc1cc(C(C)(C)C)c(C)cc1-c1cc(=O)c(CN(C)C(=O)[C@H](C)N(C)C)c(C)[nH]1.Cl. The lowest BCUT2D eigenvalue weighted by atomic mass is 9.82. The Morgan fingerprint density at radius 2 is 1.61 bits per heavy atom. The molecule has 1 atom stereocenters. The van der Waals surface area contributed by atoms with E-state index in [0.717, 1.165) is 22.5 Å². The number of nitrogens with one attached hydrogen (secondary N) is 1. The third kappa shape index (κ3) is 5.98. The molecule has 31 heavy (non-hydrogen) atoms. The third-order valence-corrected chi connectivity index (χ3v) is 5.92. The van der Waals surface area contributed by atoms with E-state index >= 15 is 0 Å². The zero-order valence-electron chi connectivity index (χ0n) is 20.6. The molecule has 2 rings (SSSR count). The highest BCUT2D eigenvalue weighted by Gasteiger charge is 2.22. The smallest absolute Gasteiger partial charge is 0.239 e. The van der Waals surface area contributed by atoms with Crippen molar-refractivity contribution >= 4 is 18.3 Å². The lowest BCUT2D eigenvalue weighted by molar-refractivity contribution is -0.134. The molecule has 172 valence electrons. The Morgan fingerprint density at radius 3 is 2.10 bits per heavy atom. The number of amides is 1. The number of aryl methyl sites for hydroxylation is 3. The van der Waals surface area contributed by atoms with Crippen LogP contribution >= 0.6 is 12.4 Å². The Balaban J connectivity index is 0.00000480. The van der Waals surface area contributed by atoms with E-state index in [1.54, 1.807) is 18.0 Å². The van der Waals surface area contributed by atoms with Gasteiger partial charge in [-0.1, -0.05) is 26.8 Å². The largest absolute Gasteiger partial charge is 0.358 e. The van der Waals surface area contributed by atoms with Crippen LogP contribution in [0.4, 0.5) is 0 Å². The summed E-state index contributed by atoms with van der Waals surface area (Å²) in [6, 6.07) is 5.81. The molecule has 0 aliphatic heterocycles. The van der Waals surface area contributed by atoms with Gasteiger partial charge in [-0.05, 0) is 70.0 Å². The van der Waals surface area contributed by atoms with Gasteiger partial charge in [0.1, 0.15) is 0 Å². The van der Waals surface area contributed by atoms with Crippen LogP contribution in [0.5, 0.6) is 0 Å². The summed E-state index contributed by atoms with van der Waals surface area (Å²) in [6.45, 7) is 14.9. The molecule has 1 N–H and O–H groups in total. The lowest BCUT2D eigenvalue weighted by Gasteiger charge is -2.26. The van der Waals surface area contributed by atoms with Gasteiger partial charge in [-0.15, -0.1) is 12.4 Å². The van der Waals surface area contributed by atoms with E-state index in [-0.39, 0.29) is 35.2 Å². The van der Waals surface area contributed by atoms with E-state index in [4.69, 9.17) is 0 Å². The third-order valence-electron chi connectivity index (χ3n) is 5.92. The summed E-state index contributed by atoms with van der Waals surface area (Å²) in [7, 11) is 5.49. The van der Waals surface area contributed by atoms with Crippen molar-refractivity contribution in [3.05, 3.63) is 56.4 Å². The van der Waals surface area contributed by atoms with Crippen LogP contribution < -0.4 is 5.43 Å². The van der Waals surface area contributed by atoms with Gasteiger partial charge in [-0.3, -0.25) is 14.5 Å². The summed E-state index contributed by atoms with van der Waals surface area (Å²) < 4.78 is 0. The van der Waals surface area contributed by atoms with Gasteiger partial charge in [0, 0.05) is 35.6 Å². The molecular weight excluding hydrogens is 410 g/mol. The number of carbonyl (C=O) groups is 1. The van der Waals surface area contributed by atoms with Crippen molar-refractivity contribution in [3.8, 4) is 11.3 Å². The van der Waals surface area contributed by atoms with Crippen LogP contribution in [-0.4, -0.2) is 47.9 Å². The summed E-state index contributed by atoms with van der Waals surface area (Å²) in [6.07, 6.45) is 0. The number of aromatic nitrogens is 1. The van der Waals surface area contributed by atoms with Crippen LogP contribution in [0, 0.1) is 20.8 Å². The average molecular weight is 448 g/mol. The van der Waals surface area contributed by atoms with E-state index in [0.29, 0.717) is 12.1 Å². The first-order chi connectivity index (χ1) is 13.7. The van der Waals surface area contributed by atoms with Gasteiger partial charge in [-0.2, -0.15) is 0 Å². The quantitative estimate of drug-likeness (QED) is 0.728. The zero-order valence-corrected chi connectivity index (χ0v) is 21.5. The van der Waals surface area contributed by atoms with Crippen LogP contribution in [0.3, 0.4) is 0 Å². The molecule has 0 spiro atoms. The second-order valence-electron chi connectivity index (χ2n) is 9.72. The molecule has 1 aromatic carbocycles. The van der Waals surface area contributed by atoms with Crippen LogP contribution in [-0.2, 0) is 16.8 Å². The predicted octanol–water partition coefficient (Wildman–Crippen LogP) is 4.59. The molecule has 0 fully saturated rings. The maximum Gasteiger partial charge on any atom is 0.239 e. The summed E-state index contributed by atoms with van der Waals surface area (Å²) in [5, 5.41) is 0. The van der Waals surface area contributed by atoms with E-state index in [9.17, 15) is 9.59 Å². The number of carbonyl (C=O) groups excluding carboxylic acids is 1. The summed E-state index contributed by atoms with van der Waals surface area (Å²) >= 11 is 0. The average Bonchev–Trinajstić information content (AvgIpc) is 2.63. The number of benzene rings is 1. The molecule has 0 saturated heterocycles. The van der Waals surface area contributed by atoms with Crippen molar-refractivity contribution in [1.29, 1.82) is 0 Å². The summed E-state index contributed by atoms with van der Waals surface area (Å²) in [5.74, 6) is -0.00730. The Hall–Kier alpha value is -2.11. The number of likely N-dealkylation sites (N-methyl/N-ethyl adjacent to an activating group) is 2. The van der Waals surface area contributed by atoms with Crippen molar-refractivity contribution in [2.24, 2.45) is 0 Å². The Labute approximate surface area is 193 Å². The van der Waals surface area contributed by atoms with E-state index in [1.165, 1.54) is 11.1 Å². The molecule has 1 amide bonds. The monoisotopic (exact) mass is 447 g/mol. The number of aromatic amines is 1. The zero-order chi connectivity index (χ0) is 23.0. The lowest BCUT2D eigenvalue weighted by Crippen LogP contribution is -2.42. The fourth-order valence-corrected chi connectivity index (χ4v) is 3.83. The molecule has 1 heterocycles.